The summed E-state index contributed by atoms with van der Waals surface area (Å²) in [6.07, 6.45) is 7.26. The van der Waals surface area contributed by atoms with Gasteiger partial charge in [-0.1, -0.05) is 0 Å². The zero-order valence-electron chi connectivity index (χ0n) is 8.05. The Bertz CT molecular complexity index is 478. The lowest BCUT2D eigenvalue weighted by atomic mass is 10.0. The maximum Gasteiger partial charge on any atom is 0.127 e. The molecule has 1 nitrogen and oxygen atoms in total. The molecule has 0 spiro atoms. The van der Waals surface area contributed by atoms with Crippen molar-refractivity contribution in [3.05, 3.63) is 71.0 Å². The fourth-order valence-corrected chi connectivity index (χ4v) is 1.93. The number of allylic oxidation sites excluding steroid dienone is 9. The smallest absolute Gasteiger partial charge is 0.127 e. The molecule has 0 aromatic heterocycles. The molecule has 3 aliphatic heterocycles. The molecule has 0 atom stereocenters. The molecule has 3 heterocycles. The van der Waals surface area contributed by atoms with E-state index in [0.717, 1.165) is 0 Å². The Hall–Kier alpha value is -1.97. The predicted molar refractivity (Wildman–Crippen MR) is 53.7 cm³/mol. The molecule has 80 valence electrons. The molecule has 0 fully saturated rings. The Morgan fingerprint density at radius 2 is 0.875 bits per heavy atom. The molecule has 0 unspecified atom stereocenters. The van der Waals surface area contributed by atoms with Gasteiger partial charge in [-0.25, -0.2) is 13.2 Å². The number of hydrogen-bond acceptors (Lipinski definition) is 1. The van der Waals surface area contributed by atoms with Crippen LogP contribution in [-0.4, -0.2) is 4.90 Å². The summed E-state index contributed by atoms with van der Waals surface area (Å²) in [5, 5.41) is 0. The second kappa shape index (κ2) is 3.01. The first-order valence-electron chi connectivity index (χ1n) is 4.70. The molecule has 0 aromatic rings. The van der Waals surface area contributed by atoms with Crippen molar-refractivity contribution in [2.24, 2.45) is 0 Å². The van der Waals surface area contributed by atoms with Gasteiger partial charge in [-0.15, -0.1) is 0 Å². The largest absolute Gasteiger partial charge is 0.310 e. The van der Waals surface area contributed by atoms with Crippen LogP contribution in [0.5, 0.6) is 0 Å². The van der Waals surface area contributed by atoms with Crippen LogP contribution in [0.15, 0.2) is 71.0 Å². The first-order chi connectivity index (χ1) is 7.63. The predicted octanol–water partition coefficient (Wildman–Crippen LogP) is 3.54. The van der Waals surface area contributed by atoms with Gasteiger partial charge < -0.3 is 4.90 Å². The van der Waals surface area contributed by atoms with Gasteiger partial charge in [0.05, 0.1) is 17.1 Å². The maximum absolute atomic E-state index is 13.2. The van der Waals surface area contributed by atoms with E-state index in [0.29, 0.717) is 17.1 Å². The van der Waals surface area contributed by atoms with Gasteiger partial charge in [0.25, 0.3) is 0 Å². The molecule has 4 heteroatoms. The molecule has 0 saturated heterocycles. The summed E-state index contributed by atoms with van der Waals surface area (Å²) in [5.41, 5.74) is 1.10. The van der Waals surface area contributed by atoms with Crippen molar-refractivity contribution < 1.29 is 13.2 Å². The molecule has 0 N–H and O–H groups in total. The summed E-state index contributed by atoms with van der Waals surface area (Å²) in [5.74, 6) is -1.55. The summed E-state index contributed by atoms with van der Waals surface area (Å²) in [6, 6.07) is 0. The standard InChI is InChI=1S/C12H6F3N/c13-7-1-10-3-8(14)4-12-6-9(15)5-11(2-7)16(10)12/h1-6H. The third kappa shape index (κ3) is 1.26. The second-order valence-corrected chi connectivity index (χ2v) is 3.63. The van der Waals surface area contributed by atoms with Crippen LogP contribution in [0.1, 0.15) is 0 Å². The second-order valence-electron chi connectivity index (χ2n) is 3.63. The first kappa shape index (κ1) is 9.27. The summed E-state index contributed by atoms with van der Waals surface area (Å²) in [7, 11) is 0. The highest BCUT2D eigenvalue weighted by molar-refractivity contribution is 5.54. The molecule has 3 aliphatic rings. The molecular formula is C12H6F3N. The molecule has 16 heavy (non-hydrogen) atoms. The summed E-state index contributed by atoms with van der Waals surface area (Å²) < 4.78 is 39.6. The Balaban J connectivity index is 2.24. The lowest BCUT2D eigenvalue weighted by molar-refractivity contribution is 0.507. The van der Waals surface area contributed by atoms with Crippen molar-refractivity contribution in [1.29, 1.82) is 0 Å². The van der Waals surface area contributed by atoms with Gasteiger partial charge in [-0.3, -0.25) is 0 Å². The van der Waals surface area contributed by atoms with Crippen LogP contribution >= 0.6 is 0 Å². The van der Waals surface area contributed by atoms with Gasteiger partial charge in [0.15, 0.2) is 0 Å². The third-order valence-electron chi connectivity index (χ3n) is 2.49. The highest BCUT2D eigenvalue weighted by Crippen LogP contribution is 2.37. The average molecular weight is 221 g/mol. The quantitative estimate of drug-likeness (QED) is 0.604. The highest BCUT2D eigenvalue weighted by atomic mass is 19.1. The van der Waals surface area contributed by atoms with Gasteiger partial charge in [0, 0.05) is 0 Å². The van der Waals surface area contributed by atoms with E-state index in [1.54, 1.807) is 4.90 Å². The van der Waals surface area contributed by atoms with Crippen molar-refractivity contribution >= 4 is 0 Å². The van der Waals surface area contributed by atoms with Crippen molar-refractivity contribution in [3.63, 3.8) is 0 Å². The van der Waals surface area contributed by atoms with E-state index < -0.39 is 17.5 Å². The first-order valence-corrected chi connectivity index (χ1v) is 4.70. The van der Waals surface area contributed by atoms with Crippen molar-refractivity contribution in [1.82, 2.24) is 4.90 Å². The van der Waals surface area contributed by atoms with E-state index in [4.69, 9.17) is 0 Å². The molecule has 0 bridgehead atoms. The van der Waals surface area contributed by atoms with E-state index in [9.17, 15) is 13.2 Å². The van der Waals surface area contributed by atoms with Gasteiger partial charge in [-0.2, -0.15) is 0 Å². The molecule has 0 aromatic carbocycles. The zero-order chi connectivity index (χ0) is 11.3. The third-order valence-corrected chi connectivity index (χ3v) is 2.49. The molecular weight excluding hydrogens is 215 g/mol. The minimum absolute atomic E-state index is 0.366. The number of rotatable bonds is 0. The molecule has 0 radical (unpaired) electrons. The van der Waals surface area contributed by atoms with Gasteiger partial charge in [0.1, 0.15) is 17.5 Å². The Kier molecular flexibility index (Phi) is 1.74. The lowest BCUT2D eigenvalue weighted by Gasteiger charge is -2.34. The van der Waals surface area contributed by atoms with Crippen LogP contribution in [0.4, 0.5) is 13.2 Å². The summed E-state index contributed by atoms with van der Waals surface area (Å²) >= 11 is 0. The van der Waals surface area contributed by atoms with Crippen LogP contribution in [-0.2, 0) is 0 Å². The van der Waals surface area contributed by atoms with E-state index in [-0.39, 0.29) is 0 Å². The van der Waals surface area contributed by atoms with Gasteiger partial charge in [0.2, 0.25) is 0 Å². The van der Waals surface area contributed by atoms with E-state index >= 15 is 0 Å². The average Bonchev–Trinajstić information content (AvgIpc) is 2.14. The Labute approximate surface area is 89.9 Å². The summed E-state index contributed by atoms with van der Waals surface area (Å²) in [6.45, 7) is 0. The van der Waals surface area contributed by atoms with E-state index in [1.165, 1.54) is 36.5 Å². The van der Waals surface area contributed by atoms with Crippen LogP contribution in [0.25, 0.3) is 0 Å². The lowest BCUT2D eigenvalue weighted by Crippen LogP contribution is -2.26. The number of nitrogens with zero attached hydrogens (tertiary/aromatic N) is 1. The highest BCUT2D eigenvalue weighted by Gasteiger charge is 2.27. The van der Waals surface area contributed by atoms with Crippen LogP contribution in [0, 0.1) is 0 Å². The van der Waals surface area contributed by atoms with E-state index in [2.05, 4.69) is 0 Å². The van der Waals surface area contributed by atoms with Crippen LogP contribution in [0.2, 0.25) is 0 Å². The van der Waals surface area contributed by atoms with Gasteiger partial charge in [-0.05, 0) is 36.5 Å². The topological polar surface area (TPSA) is 3.24 Å². The van der Waals surface area contributed by atoms with Crippen molar-refractivity contribution in [2.45, 2.75) is 0 Å². The number of hydrogen-bond donors (Lipinski definition) is 0. The zero-order valence-corrected chi connectivity index (χ0v) is 8.05. The fourth-order valence-electron chi connectivity index (χ4n) is 1.93. The number of halogens is 3. The SMILES string of the molecule is FC1=CC2=CC(F)=CC3=CC(F)=CC(=C1)N23. The molecule has 3 rings (SSSR count). The Morgan fingerprint density at radius 3 is 1.19 bits per heavy atom. The molecule has 0 amide bonds. The summed E-state index contributed by atoms with van der Waals surface area (Å²) in [4.78, 5) is 1.59. The molecule has 0 saturated carbocycles. The van der Waals surface area contributed by atoms with Crippen molar-refractivity contribution in [3.8, 4) is 0 Å². The minimum Gasteiger partial charge on any atom is -0.310 e. The maximum atomic E-state index is 13.2. The molecule has 0 aliphatic carbocycles. The monoisotopic (exact) mass is 221 g/mol. The van der Waals surface area contributed by atoms with Crippen LogP contribution < -0.4 is 0 Å². The van der Waals surface area contributed by atoms with Crippen molar-refractivity contribution in [2.75, 3.05) is 0 Å². The van der Waals surface area contributed by atoms with Gasteiger partial charge >= 0.3 is 0 Å². The Morgan fingerprint density at radius 1 is 0.562 bits per heavy atom. The fraction of sp³-hybridized carbons (Fsp3) is 0. The van der Waals surface area contributed by atoms with Crippen LogP contribution in [0.3, 0.4) is 0 Å². The minimum atomic E-state index is -0.516. The normalized spacial score (nSPS) is 22.3. The van der Waals surface area contributed by atoms with E-state index in [1.807, 2.05) is 0 Å².